The Kier molecular flexibility index (Phi) is 7.95. The first kappa shape index (κ1) is 27.1. The Bertz CT molecular complexity index is 1440. The van der Waals surface area contributed by atoms with Gasteiger partial charge in [0, 0.05) is 12.5 Å². The SMILES string of the molecule is CCOc1ccc(C=C2CCCC3C2=NN(C(=O)c2nn(CC)cc2[N+](=O)[O-])C3c2ccc(OCC)cc2)cc1. The third-order valence-corrected chi connectivity index (χ3v) is 7.24. The average molecular weight is 544 g/mol. The van der Waals surface area contributed by atoms with Gasteiger partial charge >= 0.3 is 11.6 Å². The molecule has 1 aliphatic carbocycles. The molecule has 0 bridgehead atoms. The minimum Gasteiger partial charge on any atom is -0.494 e. The summed E-state index contributed by atoms with van der Waals surface area (Å²) in [6.07, 6.45) is 6.01. The van der Waals surface area contributed by atoms with E-state index in [4.69, 9.17) is 14.6 Å². The topological polar surface area (TPSA) is 112 Å². The molecule has 2 unspecified atom stereocenters. The second-order valence-electron chi connectivity index (χ2n) is 9.73. The highest BCUT2D eigenvalue weighted by Gasteiger charge is 2.45. The van der Waals surface area contributed by atoms with Crippen molar-refractivity contribution < 1.29 is 19.2 Å². The lowest BCUT2D eigenvalue weighted by Crippen LogP contribution is -2.32. The van der Waals surface area contributed by atoms with Crippen molar-refractivity contribution in [2.75, 3.05) is 13.2 Å². The van der Waals surface area contributed by atoms with E-state index in [0.717, 1.165) is 53.2 Å². The molecule has 10 nitrogen and oxygen atoms in total. The summed E-state index contributed by atoms with van der Waals surface area (Å²) < 4.78 is 12.6. The number of benzene rings is 2. The van der Waals surface area contributed by atoms with E-state index in [9.17, 15) is 14.9 Å². The molecular formula is C30H33N5O5. The van der Waals surface area contributed by atoms with Crippen LogP contribution in [0.4, 0.5) is 5.69 Å². The Balaban J connectivity index is 1.56. The van der Waals surface area contributed by atoms with Crippen LogP contribution in [0.2, 0.25) is 0 Å². The van der Waals surface area contributed by atoms with Crippen LogP contribution in [0.1, 0.15) is 67.7 Å². The normalized spacial score (nSPS) is 19.3. The number of ether oxygens (including phenoxy) is 2. The maximum Gasteiger partial charge on any atom is 0.320 e. The molecular weight excluding hydrogens is 510 g/mol. The summed E-state index contributed by atoms with van der Waals surface area (Å²) >= 11 is 0. The summed E-state index contributed by atoms with van der Waals surface area (Å²) in [5.41, 5.74) is 3.27. The zero-order valence-corrected chi connectivity index (χ0v) is 22.9. The van der Waals surface area contributed by atoms with Crippen LogP contribution in [0.5, 0.6) is 11.5 Å². The van der Waals surface area contributed by atoms with Crippen LogP contribution < -0.4 is 9.47 Å². The second-order valence-corrected chi connectivity index (χ2v) is 9.73. The molecule has 3 aromatic rings. The molecule has 0 saturated heterocycles. The van der Waals surface area contributed by atoms with Gasteiger partial charge in [0.15, 0.2) is 0 Å². The van der Waals surface area contributed by atoms with E-state index in [1.807, 2.05) is 69.3 Å². The maximum absolute atomic E-state index is 13.9. The molecule has 2 heterocycles. The highest BCUT2D eigenvalue weighted by molar-refractivity contribution is 6.09. The van der Waals surface area contributed by atoms with Gasteiger partial charge in [-0.15, -0.1) is 0 Å². The predicted octanol–water partition coefficient (Wildman–Crippen LogP) is 6.05. The van der Waals surface area contributed by atoms with Gasteiger partial charge in [-0.05, 0) is 87.1 Å². The Morgan fingerprint density at radius 1 is 1.05 bits per heavy atom. The van der Waals surface area contributed by atoms with Gasteiger partial charge in [0.2, 0.25) is 5.69 Å². The Morgan fingerprint density at radius 3 is 2.30 bits per heavy atom. The summed E-state index contributed by atoms with van der Waals surface area (Å²) in [4.78, 5) is 25.2. The molecule has 0 spiro atoms. The van der Waals surface area contributed by atoms with Gasteiger partial charge in [0.25, 0.3) is 0 Å². The van der Waals surface area contributed by atoms with Crippen LogP contribution in [0, 0.1) is 16.0 Å². The fourth-order valence-electron chi connectivity index (χ4n) is 5.42. The van der Waals surface area contributed by atoms with E-state index in [1.165, 1.54) is 15.9 Å². The fraction of sp³-hybridized carbons (Fsp3) is 0.367. The smallest absolute Gasteiger partial charge is 0.320 e. The molecule has 2 aliphatic rings. The van der Waals surface area contributed by atoms with Gasteiger partial charge < -0.3 is 9.47 Å². The predicted molar refractivity (Wildman–Crippen MR) is 151 cm³/mol. The number of nitro groups is 1. The number of hydrazone groups is 1. The summed E-state index contributed by atoms with van der Waals surface area (Å²) in [5.74, 6) is 0.905. The fourth-order valence-corrected chi connectivity index (χ4v) is 5.42. The molecule has 1 amide bonds. The number of nitrogens with zero attached hydrogens (tertiary/aromatic N) is 5. The number of hydrogen-bond acceptors (Lipinski definition) is 7. The number of carbonyl (C=O) groups is 1. The van der Waals surface area contributed by atoms with Gasteiger partial charge in [-0.25, -0.2) is 5.01 Å². The first-order valence-corrected chi connectivity index (χ1v) is 13.7. The minimum atomic E-state index is -0.583. The highest BCUT2D eigenvalue weighted by Crippen LogP contribution is 2.45. The number of fused-ring (bicyclic) bond motifs is 1. The molecule has 2 aromatic carbocycles. The van der Waals surface area contributed by atoms with Crippen LogP contribution in [-0.2, 0) is 6.54 Å². The lowest BCUT2D eigenvalue weighted by molar-refractivity contribution is -0.385. The molecule has 0 radical (unpaired) electrons. The quantitative estimate of drug-likeness (QED) is 0.240. The Labute approximate surface area is 233 Å². The summed E-state index contributed by atoms with van der Waals surface area (Å²) in [6, 6.07) is 15.1. The summed E-state index contributed by atoms with van der Waals surface area (Å²) in [6.45, 7) is 7.25. The van der Waals surface area contributed by atoms with Crippen molar-refractivity contribution >= 4 is 23.4 Å². The standard InChI is InChI=1S/C30H33N5O5/c1-4-33-19-26(35(37)38)28(31-33)30(36)34-29(21-12-16-24(17-13-21)40-6-3)25-9-7-8-22(27(25)32-34)18-20-10-14-23(15-11-20)39-5-2/h10-19,25,29H,4-9H2,1-3H3. The van der Waals surface area contributed by atoms with Gasteiger partial charge in [-0.1, -0.05) is 24.3 Å². The van der Waals surface area contributed by atoms with E-state index < -0.39 is 16.9 Å². The van der Waals surface area contributed by atoms with E-state index in [1.54, 1.807) is 0 Å². The zero-order chi connectivity index (χ0) is 28.2. The van der Waals surface area contributed by atoms with E-state index >= 15 is 0 Å². The molecule has 1 aliphatic heterocycles. The third-order valence-electron chi connectivity index (χ3n) is 7.24. The van der Waals surface area contributed by atoms with Crippen LogP contribution in [0.15, 0.2) is 65.4 Å². The van der Waals surface area contributed by atoms with Gasteiger partial charge in [0.05, 0.1) is 29.9 Å². The molecule has 208 valence electrons. The summed E-state index contributed by atoms with van der Waals surface area (Å²) in [5, 5.41) is 22.3. The third kappa shape index (κ3) is 5.34. The first-order chi connectivity index (χ1) is 19.4. The van der Waals surface area contributed by atoms with E-state index in [2.05, 4.69) is 11.2 Å². The van der Waals surface area contributed by atoms with E-state index in [-0.39, 0.29) is 17.3 Å². The van der Waals surface area contributed by atoms with Gasteiger partial charge in [-0.2, -0.15) is 10.2 Å². The van der Waals surface area contributed by atoms with Crippen LogP contribution in [0.3, 0.4) is 0 Å². The summed E-state index contributed by atoms with van der Waals surface area (Å²) in [7, 11) is 0. The van der Waals surface area contributed by atoms with Crippen molar-refractivity contribution in [3.63, 3.8) is 0 Å². The molecule has 2 atom stereocenters. The van der Waals surface area contributed by atoms with Gasteiger partial charge in [0.1, 0.15) is 17.7 Å². The minimum absolute atomic E-state index is 0.0584. The van der Waals surface area contributed by atoms with Crippen molar-refractivity contribution in [3.8, 4) is 11.5 Å². The monoisotopic (exact) mass is 543 g/mol. The maximum atomic E-state index is 13.9. The molecule has 5 rings (SSSR count). The molecule has 0 N–H and O–H groups in total. The number of amides is 1. The van der Waals surface area contributed by atoms with Crippen LogP contribution in [-0.4, -0.2) is 44.5 Å². The number of aromatic nitrogens is 2. The van der Waals surface area contributed by atoms with Gasteiger partial charge in [-0.3, -0.25) is 19.6 Å². The zero-order valence-electron chi connectivity index (χ0n) is 22.9. The van der Waals surface area contributed by atoms with Crippen molar-refractivity contribution in [2.45, 2.75) is 52.6 Å². The molecule has 40 heavy (non-hydrogen) atoms. The highest BCUT2D eigenvalue weighted by atomic mass is 16.6. The molecule has 1 fully saturated rings. The number of hydrogen-bond donors (Lipinski definition) is 0. The molecule has 1 aromatic heterocycles. The molecule has 10 heteroatoms. The van der Waals surface area contributed by atoms with Crippen LogP contribution in [0.25, 0.3) is 6.08 Å². The lowest BCUT2D eigenvalue weighted by Gasteiger charge is -2.29. The number of allylic oxidation sites excluding steroid dienone is 1. The Morgan fingerprint density at radius 2 is 1.70 bits per heavy atom. The van der Waals surface area contributed by atoms with Crippen molar-refractivity contribution in [1.82, 2.24) is 14.8 Å². The molecule has 1 saturated carbocycles. The largest absolute Gasteiger partial charge is 0.494 e. The number of aryl methyl sites for hydroxylation is 1. The average Bonchev–Trinajstić information content (AvgIpc) is 3.58. The first-order valence-electron chi connectivity index (χ1n) is 13.7. The second kappa shape index (κ2) is 11.7. The van der Waals surface area contributed by atoms with E-state index in [0.29, 0.717) is 19.8 Å². The van der Waals surface area contributed by atoms with Crippen LogP contribution >= 0.6 is 0 Å². The van der Waals surface area contributed by atoms with Crippen molar-refractivity contribution in [1.29, 1.82) is 0 Å². The van der Waals surface area contributed by atoms with Crippen molar-refractivity contribution in [3.05, 3.63) is 87.2 Å². The Hall–Kier alpha value is -4.47. The van der Waals surface area contributed by atoms with Crippen molar-refractivity contribution in [2.24, 2.45) is 11.0 Å². The number of rotatable bonds is 9. The number of carbonyl (C=O) groups excluding carboxylic acids is 1. The lowest BCUT2D eigenvalue weighted by atomic mass is 9.77.